The Kier molecular flexibility index (Phi) is 7.94. The molecule has 0 saturated heterocycles. The van der Waals surface area contributed by atoms with Crippen LogP contribution in [-0.4, -0.2) is 40.6 Å². The lowest BCUT2D eigenvalue weighted by Gasteiger charge is -2.24. The summed E-state index contributed by atoms with van der Waals surface area (Å²) in [7, 11) is 0. The Morgan fingerprint density at radius 3 is 2.50 bits per heavy atom. The van der Waals surface area contributed by atoms with Gasteiger partial charge < -0.3 is 14.7 Å². The first-order valence-corrected chi connectivity index (χ1v) is 12.4. The second-order valence-electron chi connectivity index (χ2n) is 9.52. The van der Waals surface area contributed by atoms with Gasteiger partial charge in [-0.1, -0.05) is 54.1 Å². The summed E-state index contributed by atoms with van der Waals surface area (Å²) < 4.78 is 20.2. The van der Waals surface area contributed by atoms with E-state index in [-0.39, 0.29) is 36.7 Å². The van der Waals surface area contributed by atoms with E-state index in [4.69, 9.17) is 16.3 Å². The molecule has 1 atom stereocenters. The number of hydrogen-bond donors (Lipinski definition) is 1. The van der Waals surface area contributed by atoms with Crippen molar-refractivity contribution in [3.8, 4) is 5.75 Å². The second kappa shape index (κ2) is 11.1. The number of nitrogens with zero attached hydrogens (tertiary/aromatic N) is 1. The highest BCUT2D eigenvalue weighted by molar-refractivity contribution is 6.30. The van der Waals surface area contributed by atoms with E-state index in [2.05, 4.69) is 13.0 Å². The molecule has 3 aromatic carbocycles. The first-order valence-electron chi connectivity index (χ1n) is 12.0. The highest BCUT2D eigenvalue weighted by atomic mass is 35.5. The van der Waals surface area contributed by atoms with Crippen molar-refractivity contribution in [1.29, 1.82) is 0 Å². The number of amides is 1. The molecule has 7 heteroatoms. The second-order valence-corrected chi connectivity index (χ2v) is 9.96. The molecule has 1 amide bonds. The lowest BCUT2D eigenvalue weighted by atomic mass is 9.91. The van der Waals surface area contributed by atoms with E-state index in [1.54, 1.807) is 18.2 Å². The Labute approximate surface area is 215 Å². The normalized spacial score (nSPS) is 16.3. The Balaban J connectivity index is 1.36. The van der Waals surface area contributed by atoms with Crippen molar-refractivity contribution in [3.63, 3.8) is 0 Å². The van der Waals surface area contributed by atoms with Crippen LogP contribution in [0.4, 0.5) is 4.39 Å². The molecule has 0 bridgehead atoms. The molecule has 1 heterocycles. The molecule has 1 aliphatic rings. The van der Waals surface area contributed by atoms with Crippen LogP contribution in [0, 0.1) is 5.82 Å². The minimum atomic E-state index is -1.09. The number of rotatable bonds is 10. The van der Waals surface area contributed by atoms with Gasteiger partial charge in [0.25, 0.3) is 0 Å². The maximum atomic E-state index is 13.9. The summed E-state index contributed by atoms with van der Waals surface area (Å²) in [5, 5.41) is 9.96. The average Bonchev–Trinajstić information content (AvgIpc) is 3.17. The molecule has 188 valence electrons. The third kappa shape index (κ3) is 6.64. The van der Waals surface area contributed by atoms with Crippen LogP contribution in [0.25, 0.3) is 0 Å². The van der Waals surface area contributed by atoms with Gasteiger partial charge in [0.15, 0.2) is 0 Å². The molecule has 0 aromatic heterocycles. The fourth-order valence-electron chi connectivity index (χ4n) is 4.68. The molecule has 5 nitrogen and oxygen atoms in total. The van der Waals surface area contributed by atoms with Gasteiger partial charge in [-0.15, -0.1) is 0 Å². The van der Waals surface area contributed by atoms with Crippen LogP contribution in [0.2, 0.25) is 5.02 Å². The Morgan fingerprint density at radius 2 is 1.78 bits per heavy atom. The van der Waals surface area contributed by atoms with Crippen molar-refractivity contribution >= 4 is 23.5 Å². The van der Waals surface area contributed by atoms with Crippen molar-refractivity contribution in [2.45, 2.75) is 44.6 Å². The lowest BCUT2D eigenvalue weighted by molar-refractivity contribution is -0.144. The van der Waals surface area contributed by atoms with Crippen molar-refractivity contribution < 1.29 is 23.8 Å². The zero-order chi connectivity index (χ0) is 25.7. The number of benzene rings is 3. The van der Waals surface area contributed by atoms with Crippen LogP contribution < -0.4 is 4.74 Å². The smallest absolute Gasteiger partial charge is 0.323 e. The number of hydrogen-bond acceptors (Lipinski definition) is 3. The molecule has 0 fully saturated rings. The number of carboxylic acids is 1. The van der Waals surface area contributed by atoms with Gasteiger partial charge in [-0.3, -0.25) is 9.59 Å². The van der Waals surface area contributed by atoms with E-state index in [1.165, 1.54) is 11.0 Å². The zero-order valence-electron chi connectivity index (χ0n) is 20.2. The van der Waals surface area contributed by atoms with Gasteiger partial charge in [-0.05, 0) is 66.3 Å². The quantitative estimate of drug-likeness (QED) is 0.391. The van der Waals surface area contributed by atoms with Crippen molar-refractivity contribution in [2.75, 3.05) is 13.1 Å². The van der Waals surface area contributed by atoms with Gasteiger partial charge in [-0.25, -0.2) is 4.39 Å². The number of fused-ring (bicyclic) bond motifs is 1. The third-order valence-corrected chi connectivity index (χ3v) is 6.70. The topological polar surface area (TPSA) is 66.8 Å². The van der Waals surface area contributed by atoms with Crippen molar-refractivity contribution in [3.05, 3.63) is 99.8 Å². The fourth-order valence-corrected chi connectivity index (χ4v) is 4.81. The molecular formula is C29H29ClFNO4. The number of aliphatic carboxylic acids is 1. The Hall–Kier alpha value is -3.38. The van der Waals surface area contributed by atoms with E-state index in [0.717, 1.165) is 35.3 Å². The van der Waals surface area contributed by atoms with Crippen LogP contribution in [0.1, 0.15) is 35.6 Å². The standard InChI is InChI=1S/C29H29ClFNO4/c1-29(17-21-6-10-24(30)11-7-21)18-23-16-20(8-12-26(23)36-29)9-13-27(33)32(19-28(34)35)15-14-22-4-2-3-5-25(22)31/h2-8,10-12,16H,9,13-15,17-19H2,1H3,(H,34,35)/t29-/m1/s1. The maximum Gasteiger partial charge on any atom is 0.323 e. The number of carbonyl (C=O) groups excluding carboxylic acids is 1. The maximum absolute atomic E-state index is 13.9. The molecule has 1 N–H and O–H groups in total. The molecule has 0 spiro atoms. The summed E-state index contributed by atoms with van der Waals surface area (Å²) in [6, 6.07) is 20.0. The SMILES string of the molecule is C[C@@]1(Cc2ccc(Cl)cc2)Cc2cc(CCC(=O)N(CCc3ccccc3F)CC(=O)O)ccc2O1. The van der Waals surface area contributed by atoms with Gasteiger partial charge in [0.1, 0.15) is 23.7 Å². The minimum absolute atomic E-state index is 0.146. The Bertz CT molecular complexity index is 1250. The highest BCUT2D eigenvalue weighted by Crippen LogP contribution is 2.37. The number of carboxylic acid groups (broad SMARTS) is 1. The summed E-state index contributed by atoms with van der Waals surface area (Å²) in [4.78, 5) is 25.5. The minimum Gasteiger partial charge on any atom is -0.487 e. The summed E-state index contributed by atoms with van der Waals surface area (Å²) in [6.07, 6.45) is 2.41. The van der Waals surface area contributed by atoms with Gasteiger partial charge in [-0.2, -0.15) is 0 Å². The predicted octanol–water partition coefficient (Wildman–Crippen LogP) is 5.50. The van der Waals surface area contributed by atoms with Crippen LogP contribution in [-0.2, 0) is 35.3 Å². The molecule has 0 saturated carbocycles. The van der Waals surface area contributed by atoms with E-state index in [1.807, 2.05) is 36.4 Å². The molecule has 3 aromatic rings. The number of halogens is 2. The third-order valence-electron chi connectivity index (χ3n) is 6.45. The van der Waals surface area contributed by atoms with Crippen molar-refractivity contribution in [1.82, 2.24) is 4.90 Å². The van der Waals surface area contributed by atoms with E-state index in [0.29, 0.717) is 17.0 Å². The first kappa shape index (κ1) is 25.7. The summed E-state index contributed by atoms with van der Waals surface area (Å²) in [6.45, 7) is 1.83. The molecule has 4 rings (SSSR count). The van der Waals surface area contributed by atoms with E-state index < -0.39 is 12.5 Å². The summed E-state index contributed by atoms with van der Waals surface area (Å²) >= 11 is 6.00. The molecular weight excluding hydrogens is 481 g/mol. The summed E-state index contributed by atoms with van der Waals surface area (Å²) in [5.41, 5.74) is 3.33. The van der Waals surface area contributed by atoms with Crippen LogP contribution >= 0.6 is 11.6 Å². The molecule has 0 unspecified atom stereocenters. The first-order chi connectivity index (χ1) is 17.2. The van der Waals surface area contributed by atoms with Crippen molar-refractivity contribution in [2.24, 2.45) is 0 Å². The number of carbonyl (C=O) groups is 2. The molecule has 1 aliphatic heterocycles. The molecule has 36 heavy (non-hydrogen) atoms. The Morgan fingerprint density at radius 1 is 1.06 bits per heavy atom. The van der Waals surface area contributed by atoms with E-state index >= 15 is 0 Å². The monoisotopic (exact) mass is 509 g/mol. The zero-order valence-corrected chi connectivity index (χ0v) is 20.9. The van der Waals surface area contributed by atoms with Crippen LogP contribution in [0.5, 0.6) is 5.75 Å². The van der Waals surface area contributed by atoms with Crippen LogP contribution in [0.3, 0.4) is 0 Å². The fraction of sp³-hybridized carbons (Fsp3) is 0.310. The summed E-state index contributed by atoms with van der Waals surface area (Å²) in [5.74, 6) is -0.868. The van der Waals surface area contributed by atoms with E-state index in [9.17, 15) is 19.1 Å². The molecule has 0 aliphatic carbocycles. The van der Waals surface area contributed by atoms with Crippen LogP contribution in [0.15, 0.2) is 66.7 Å². The predicted molar refractivity (Wildman–Crippen MR) is 137 cm³/mol. The highest BCUT2D eigenvalue weighted by Gasteiger charge is 2.35. The largest absolute Gasteiger partial charge is 0.487 e. The number of aryl methyl sites for hydroxylation is 1. The number of ether oxygens (including phenoxy) is 1. The van der Waals surface area contributed by atoms with Gasteiger partial charge >= 0.3 is 5.97 Å². The van der Waals surface area contributed by atoms with Gasteiger partial charge in [0.05, 0.1) is 0 Å². The lowest BCUT2D eigenvalue weighted by Crippen LogP contribution is -2.37. The average molecular weight is 510 g/mol. The van der Waals surface area contributed by atoms with Gasteiger partial charge in [0.2, 0.25) is 5.91 Å². The van der Waals surface area contributed by atoms with Gasteiger partial charge in [0, 0.05) is 30.8 Å². The molecule has 0 radical (unpaired) electrons.